The van der Waals surface area contributed by atoms with Crippen molar-refractivity contribution in [3.05, 3.63) is 92.1 Å². The van der Waals surface area contributed by atoms with Crippen LogP contribution in [-0.2, 0) is 11.0 Å². The number of nitrogens with two attached hydrogens (primary N) is 1. The topological polar surface area (TPSA) is 87.4 Å². The quantitative estimate of drug-likeness (QED) is 0.201. The summed E-state index contributed by atoms with van der Waals surface area (Å²) in [5, 5.41) is 2.21. The Morgan fingerprint density at radius 2 is 1.16 bits per heavy atom. The SMILES string of the molecule is Cc1cc(N2CCC3(CCC[C@H]3N)CC2)cnc1-c1cccc(Cl)c1Cl.Cc1cc(N2CCC3(CCC[C@H]3N[S@](=O)C(C)(C)C)CC2)cnc1-c1cccc(Cl)c1Cl. The van der Waals surface area contributed by atoms with Gasteiger partial charge in [0.2, 0.25) is 0 Å². The average molecular weight is 885 g/mol. The summed E-state index contributed by atoms with van der Waals surface area (Å²) in [5.41, 5.74) is 15.1. The molecule has 4 fully saturated rings. The molecular weight excluding hydrogens is 826 g/mol. The lowest BCUT2D eigenvalue weighted by Gasteiger charge is -2.44. The summed E-state index contributed by atoms with van der Waals surface area (Å²) in [6, 6.07) is 16.5. The highest BCUT2D eigenvalue weighted by molar-refractivity contribution is 7.84. The van der Waals surface area contributed by atoms with Gasteiger partial charge in [0.15, 0.2) is 0 Å². The molecule has 4 aromatic rings. The molecule has 7 nitrogen and oxygen atoms in total. The van der Waals surface area contributed by atoms with Crippen molar-refractivity contribution in [2.45, 2.75) is 116 Å². The van der Waals surface area contributed by atoms with Crippen LogP contribution in [0.3, 0.4) is 0 Å². The van der Waals surface area contributed by atoms with Crippen LogP contribution in [0.1, 0.15) is 96.1 Å². The van der Waals surface area contributed by atoms with Crippen molar-refractivity contribution in [3.8, 4) is 22.5 Å². The van der Waals surface area contributed by atoms with Crippen molar-refractivity contribution in [1.29, 1.82) is 0 Å². The van der Waals surface area contributed by atoms with E-state index in [1.165, 1.54) is 50.6 Å². The second-order valence-corrected chi connectivity index (χ2v) is 21.6. The number of nitrogens with zero attached hydrogens (tertiary/aromatic N) is 4. The van der Waals surface area contributed by atoms with Crippen LogP contribution in [0.25, 0.3) is 22.5 Å². The number of aromatic nitrogens is 2. The average Bonchev–Trinajstić information content (AvgIpc) is 3.75. The maximum absolute atomic E-state index is 12.7. The van der Waals surface area contributed by atoms with Crippen LogP contribution in [0.2, 0.25) is 20.1 Å². The molecule has 3 atom stereocenters. The summed E-state index contributed by atoms with van der Waals surface area (Å²) >= 11 is 25.2. The van der Waals surface area contributed by atoms with Crippen LogP contribution in [0.4, 0.5) is 11.4 Å². The summed E-state index contributed by atoms with van der Waals surface area (Å²) in [5.74, 6) is 0. The molecule has 2 aromatic heterocycles. The van der Waals surface area contributed by atoms with E-state index in [4.69, 9.17) is 62.1 Å². The summed E-state index contributed by atoms with van der Waals surface area (Å²) in [7, 11) is -1.02. The van der Waals surface area contributed by atoms with Crippen molar-refractivity contribution in [2.75, 3.05) is 36.0 Å². The first-order valence-corrected chi connectivity index (χ1v) is 23.5. The number of hydrogen-bond acceptors (Lipinski definition) is 6. The molecule has 0 bridgehead atoms. The van der Waals surface area contributed by atoms with Gasteiger partial charge in [-0.2, -0.15) is 0 Å². The second-order valence-electron chi connectivity index (χ2n) is 18.1. The lowest BCUT2D eigenvalue weighted by Crippen LogP contribution is -2.51. The molecular formula is C46H58Cl4N6OS. The molecule has 2 saturated carbocycles. The van der Waals surface area contributed by atoms with Crippen molar-refractivity contribution in [3.63, 3.8) is 0 Å². The number of hydrogen-bond donors (Lipinski definition) is 2. The van der Waals surface area contributed by atoms with E-state index in [-0.39, 0.29) is 10.2 Å². The van der Waals surface area contributed by atoms with Crippen molar-refractivity contribution in [2.24, 2.45) is 16.6 Å². The summed E-state index contributed by atoms with van der Waals surface area (Å²) in [6.07, 6.45) is 15.9. The standard InChI is InChI=1S/C25H33Cl2N3OS.C21H25Cl2N3/c1-17-15-18(16-28-23(17)19-7-5-8-20(26)22(19)27)30-13-11-25(12-14-30)10-6-9-21(25)29-32(31)24(2,3)4;1-14-12-15(13-25-20(14)16-4-2-5-17(22)19(16)23)26-10-8-21(9-11-26)7-3-6-18(21)24/h5,7-8,15-16,21,29H,6,9-14H2,1-4H3;2,4-5,12-13,18H,3,6-11,24H2,1H3/t21-,32-;18-/m11/s1. The largest absolute Gasteiger partial charge is 0.370 e. The fraction of sp³-hybridized carbons (Fsp3) is 0.522. The van der Waals surface area contributed by atoms with Gasteiger partial charge in [0, 0.05) is 49.4 Å². The van der Waals surface area contributed by atoms with Gasteiger partial charge in [0.25, 0.3) is 0 Å². The summed E-state index contributed by atoms with van der Waals surface area (Å²) < 4.78 is 16.0. The van der Waals surface area contributed by atoms with Crippen molar-refractivity contribution in [1.82, 2.24) is 14.7 Å². The van der Waals surface area contributed by atoms with E-state index in [1.807, 2.05) is 57.4 Å². The smallest absolute Gasteiger partial charge is 0.0972 e. The van der Waals surface area contributed by atoms with E-state index in [9.17, 15) is 4.21 Å². The Hall–Kier alpha value is -2.43. The number of nitrogens with one attached hydrogen (secondary N) is 1. The van der Waals surface area contributed by atoms with Gasteiger partial charge in [-0.1, -0.05) is 83.5 Å². The van der Waals surface area contributed by atoms with E-state index >= 15 is 0 Å². The fourth-order valence-electron chi connectivity index (χ4n) is 9.84. The normalized spacial score (nSPS) is 22.0. The zero-order valence-corrected chi connectivity index (χ0v) is 38.4. The Bertz CT molecular complexity index is 2130. The Labute approximate surface area is 368 Å². The summed E-state index contributed by atoms with van der Waals surface area (Å²) in [4.78, 5) is 14.4. The molecule has 2 spiro atoms. The third kappa shape index (κ3) is 9.10. The molecule has 0 amide bonds. The monoisotopic (exact) mass is 882 g/mol. The first kappa shape index (κ1) is 43.7. The van der Waals surface area contributed by atoms with Gasteiger partial charge in [-0.15, -0.1) is 0 Å². The molecule has 2 aliphatic carbocycles. The van der Waals surface area contributed by atoms with Crippen molar-refractivity contribution < 1.29 is 4.21 Å². The third-order valence-electron chi connectivity index (χ3n) is 13.5. The van der Waals surface area contributed by atoms with Crippen LogP contribution in [0, 0.1) is 24.7 Å². The molecule has 58 heavy (non-hydrogen) atoms. The molecule has 12 heteroatoms. The fourth-order valence-corrected chi connectivity index (χ4v) is 11.6. The number of aryl methyl sites for hydroxylation is 2. The Morgan fingerprint density at radius 1 is 0.707 bits per heavy atom. The predicted molar refractivity (Wildman–Crippen MR) is 247 cm³/mol. The van der Waals surface area contributed by atoms with E-state index in [0.717, 1.165) is 84.8 Å². The van der Waals surface area contributed by atoms with Gasteiger partial charge < -0.3 is 15.5 Å². The number of halogens is 4. The summed E-state index contributed by atoms with van der Waals surface area (Å²) in [6.45, 7) is 14.4. The number of benzene rings is 2. The molecule has 0 radical (unpaired) electrons. The first-order chi connectivity index (χ1) is 27.6. The minimum Gasteiger partial charge on any atom is -0.370 e. The van der Waals surface area contributed by atoms with Crippen LogP contribution in [0.15, 0.2) is 60.9 Å². The number of piperidine rings is 2. The highest BCUT2D eigenvalue weighted by Gasteiger charge is 2.46. The van der Waals surface area contributed by atoms with Crippen LogP contribution < -0.4 is 20.3 Å². The van der Waals surface area contributed by atoms with E-state index < -0.39 is 11.0 Å². The Kier molecular flexibility index (Phi) is 13.5. The Morgan fingerprint density at radius 3 is 1.59 bits per heavy atom. The van der Waals surface area contributed by atoms with Gasteiger partial charge in [-0.05, 0) is 132 Å². The molecule has 2 saturated heterocycles. The molecule has 4 heterocycles. The van der Waals surface area contributed by atoms with Gasteiger partial charge >= 0.3 is 0 Å². The van der Waals surface area contributed by atoms with Gasteiger partial charge in [-0.25, -0.2) is 8.93 Å². The maximum atomic E-state index is 12.7. The molecule has 0 unspecified atom stereocenters. The minimum absolute atomic E-state index is 0.235. The number of rotatable bonds is 6. The zero-order chi connectivity index (χ0) is 41.4. The van der Waals surface area contributed by atoms with Crippen molar-refractivity contribution >= 4 is 68.8 Å². The highest BCUT2D eigenvalue weighted by atomic mass is 35.5. The van der Waals surface area contributed by atoms with Crippen LogP contribution >= 0.6 is 46.4 Å². The molecule has 8 rings (SSSR count). The number of pyridine rings is 2. The van der Waals surface area contributed by atoms with E-state index in [1.54, 1.807) is 12.1 Å². The lowest BCUT2D eigenvalue weighted by atomic mass is 9.74. The number of anilines is 2. The highest BCUT2D eigenvalue weighted by Crippen LogP contribution is 2.48. The molecule has 2 aliphatic heterocycles. The third-order valence-corrected chi connectivity index (χ3v) is 16.7. The first-order valence-electron chi connectivity index (χ1n) is 20.9. The van der Waals surface area contributed by atoms with Crippen LogP contribution in [0.5, 0.6) is 0 Å². The second kappa shape index (κ2) is 17.9. The van der Waals surface area contributed by atoms with E-state index in [2.05, 4.69) is 40.5 Å². The lowest BCUT2D eigenvalue weighted by molar-refractivity contribution is 0.188. The van der Waals surface area contributed by atoms with Gasteiger partial charge in [-0.3, -0.25) is 9.97 Å². The molecule has 4 aliphatic rings. The van der Waals surface area contributed by atoms with E-state index in [0.29, 0.717) is 37.6 Å². The predicted octanol–water partition coefficient (Wildman–Crippen LogP) is 12.0. The minimum atomic E-state index is -1.02. The van der Waals surface area contributed by atoms with Crippen LogP contribution in [-0.4, -0.2) is 57.2 Å². The van der Waals surface area contributed by atoms with Gasteiger partial charge in [0.05, 0.1) is 71.0 Å². The molecule has 3 N–H and O–H groups in total. The Balaban J connectivity index is 0.000000180. The molecule has 312 valence electrons. The maximum Gasteiger partial charge on any atom is 0.0972 e. The zero-order valence-electron chi connectivity index (χ0n) is 34.5. The van der Waals surface area contributed by atoms with Gasteiger partial charge in [0.1, 0.15) is 0 Å². The molecule has 2 aromatic carbocycles.